The van der Waals surface area contributed by atoms with Crippen molar-refractivity contribution >= 4 is 24.4 Å². The van der Waals surface area contributed by atoms with Gasteiger partial charge in [-0.25, -0.2) is 0 Å². The lowest BCUT2D eigenvalue weighted by atomic mass is 9.77. The zero-order valence-electron chi connectivity index (χ0n) is 14.5. The highest BCUT2D eigenvalue weighted by molar-refractivity contribution is 6.62. The zero-order chi connectivity index (χ0) is 17.6. The van der Waals surface area contributed by atoms with Crippen LogP contribution in [0.5, 0.6) is 0 Å². The maximum absolute atomic E-state index is 12.3. The van der Waals surface area contributed by atoms with Gasteiger partial charge in [-0.2, -0.15) is 0 Å². The third kappa shape index (κ3) is 3.11. The van der Waals surface area contributed by atoms with E-state index in [-0.39, 0.29) is 17.0 Å². The third-order valence-corrected chi connectivity index (χ3v) is 4.47. The Morgan fingerprint density at radius 1 is 1.04 bits per heavy atom. The number of carbonyl (C=O) groups excluding carboxylic acids is 2. The molecule has 2 rings (SSSR count). The maximum Gasteiger partial charge on any atom is 0.494 e. The Labute approximate surface area is 137 Å². The molecule has 1 aromatic rings. The van der Waals surface area contributed by atoms with Crippen molar-refractivity contribution in [2.24, 2.45) is 5.73 Å². The minimum atomic E-state index is -0.643. The first-order valence-corrected chi connectivity index (χ1v) is 7.47. The third-order valence-electron chi connectivity index (χ3n) is 4.47. The number of benzene rings is 1. The fourth-order valence-electron chi connectivity index (χ4n) is 2.32. The van der Waals surface area contributed by atoms with E-state index in [1.54, 1.807) is 32.3 Å². The summed E-state index contributed by atoms with van der Waals surface area (Å²) in [5, 5.41) is 0. The second-order valence-electron chi connectivity index (χ2n) is 6.96. The molecule has 1 aromatic carbocycles. The Morgan fingerprint density at radius 3 is 2.00 bits per heavy atom. The van der Waals surface area contributed by atoms with Gasteiger partial charge in [0, 0.05) is 14.1 Å². The van der Waals surface area contributed by atoms with Gasteiger partial charge in [-0.05, 0) is 45.3 Å². The molecular weight excluding hydrogens is 295 g/mol. The van der Waals surface area contributed by atoms with E-state index in [9.17, 15) is 9.59 Å². The van der Waals surface area contributed by atoms with Crippen molar-refractivity contribution < 1.29 is 18.9 Å². The average Bonchev–Trinajstić information content (AvgIpc) is 2.65. The van der Waals surface area contributed by atoms with E-state index in [0.29, 0.717) is 5.46 Å². The summed E-state index contributed by atoms with van der Waals surface area (Å²) >= 11 is 0. The van der Waals surface area contributed by atoms with Crippen molar-refractivity contribution in [1.82, 2.24) is 4.90 Å². The molecule has 2 amide bonds. The fourth-order valence-corrected chi connectivity index (χ4v) is 2.32. The molecule has 6 nitrogen and oxygen atoms in total. The van der Waals surface area contributed by atoms with Crippen LogP contribution in [0.3, 0.4) is 0 Å². The predicted molar refractivity (Wildman–Crippen MR) is 88.7 cm³/mol. The molecule has 0 radical (unpaired) electrons. The van der Waals surface area contributed by atoms with Crippen LogP contribution >= 0.6 is 0 Å². The van der Waals surface area contributed by atoms with Crippen LogP contribution in [-0.2, 0) is 9.31 Å². The van der Waals surface area contributed by atoms with Crippen LogP contribution in [0.4, 0.5) is 0 Å². The first-order chi connectivity index (χ1) is 10.5. The fraction of sp³-hybridized carbons (Fsp3) is 0.500. The Bertz CT molecular complexity index is 639. The van der Waals surface area contributed by atoms with Crippen molar-refractivity contribution in [2.45, 2.75) is 38.9 Å². The summed E-state index contributed by atoms with van der Waals surface area (Å²) in [5.74, 6) is -0.937. The molecule has 1 saturated heterocycles. The van der Waals surface area contributed by atoms with Gasteiger partial charge in [0.05, 0.1) is 22.3 Å². The van der Waals surface area contributed by atoms with Crippen molar-refractivity contribution in [3.63, 3.8) is 0 Å². The highest BCUT2D eigenvalue weighted by Crippen LogP contribution is 2.36. The van der Waals surface area contributed by atoms with E-state index in [1.807, 2.05) is 27.7 Å². The summed E-state index contributed by atoms with van der Waals surface area (Å²) in [6.07, 6.45) is 0. The van der Waals surface area contributed by atoms with E-state index in [4.69, 9.17) is 15.0 Å². The number of rotatable bonds is 3. The quantitative estimate of drug-likeness (QED) is 0.835. The Hall–Kier alpha value is -1.86. The van der Waals surface area contributed by atoms with E-state index in [1.165, 1.54) is 4.90 Å². The van der Waals surface area contributed by atoms with E-state index >= 15 is 0 Å². The summed E-state index contributed by atoms with van der Waals surface area (Å²) in [7, 11) is 2.64. The SMILES string of the molecule is CN(C)C(=O)c1cc(B2OC(C)(C)C(C)(C)O2)ccc1C(N)=O. The van der Waals surface area contributed by atoms with Crippen LogP contribution in [0.25, 0.3) is 0 Å². The summed E-state index contributed by atoms with van der Waals surface area (Å²) < 4.78 is 12.0. The van der Waals surface area contributed by atoms with Gasteiger partial charge in [0.15, 0.2) is 0 Å². The van der Waals surface area contributed by atoms with Gasteiger partial charge in [-0.1, -0.05) is 6.07 Å². The van der Waals surface area contributed by atoms with E-state index < -0.39 is 24.2 Å². The molecule has 0 spiro atoms. The summed E-state index contributed by atoms with van der Waals surface area (Å²) in [4.78, 5) is 25.3. The molecule has 1 aliphatic rings. The lowest BCUT2D eigenvalue weighted by molar-refractivity contribution is 0.00578. The highest BCUT2D eigenvalue weighted by Gasteiger charge is 2.51. The number of hydrogen-bond acceptors (Lipinski definition) is 4. The monoisotopic (exact) mass is 318 g/mol. The average molecular weight is 318 g/mol. The lowest BCUT2D eigenvalue weighted by Crippen LogP contribution is -2.41. The molecule has 0 bridgehead atoms. The number of nitrogens with two attached hydrogens (primary N) is 1. The molecule has 23 heavy (non-hydrogen) atoms. The lowest BCUT2D eigenvalue weighted by Gasteiger charge is -2.32. The van der Waals surface area contributed by atoms with Gasteiger partial charge in [0.2, 0.25) is 5.91 Å². The van der Waals surface area contributed by atoms with Gasteiger partial charge in [0.1, 0.15) is 0 Å². The van der Waals surface area contributed by atoms with Gasteiger partial charge >= 0.3 is 7.12 Å². The Morgan fingerprint density at radius 2 is 1.57 bits per heavy atom. The van der Waals surface area contributed by atoms with Crippen LogP contribution in [0.15, 0.2) is 18.2 Å². The van der Waals surface area contributed by atoms with Crippen molar-refractivity contribution in [1.29, 1.82) is 0 Å². The zero-order valence-corrected chi connectivity index (χ0v) is 14.5. The second kappa shape index (κ2) is 5.65. The molecule has 0 aromatic heterocycles. The van der Waals surface area contributed by atoms with Gasteiger partial charge < -0.3 is 19.9 Å². The molecule has 1 aliphatic heterocycles. The predicted octanol–water partition coefficient (Wildman–Crippen LogP) is 0.787. The van der Waals surface area contributed by atoms with Crippen molar-refractivity contribution in [3.8, 4) is 0 Å². The van der Waals surface area contributed by atoms with Gasteiger partial charge in [0.25, 0.3) is 5.91 Å². The van der Waals surface area contributed by atoms with Crippen molar-refractivity contribution in [2.75, 3.05) is 14.1 Å². The van der Waals surface area contributed by atoms with Gasteiger partial charge in [-0.15, -0.1) is 0 Å². The van der Waals surface area contributed by atoms with Crippen LogP contribution in [0, 0.1) is 0 Å². The normalized spacial score (nSPS) is 18.8. The molecular formula is C16H23BN2O4. The number of hydrogen-bond donors (Lipinski definition) is 1. The number of primary amides is 1. The number of nitrogens with zero attached hydrogens (tertiary/aromatic N) is 1. The minimum Gasteiger partial charge on any atom is -0.399 e. The summed E-state index contributed by atoms with van der Waals surface area (Å²) in [6.45, 7) is 7.82. The molecule has 7 heteroatoms. The minimum absolute atomic E-state index is 0.184. The van der Waals surface area contributed by atoms with Crippen molar-refractivity contribution in [3.05, 3.63) is 29.3 Å². The molecule has 1 heterocycles. The topological polar surface area (TPSA) is 81.9 Å². The highest BCUT2D eigenvalue weighted by atomic mass is 16.7. The Balaban J connectivity index is 2.45. The first kappa shape index (κ1) is 17.5. The molecule has 1 fully saturated rings. The molecule has 124 valence electrons. The van der Waals surface area contributed by atoms with Crippen LogP contribution < -0.4 is 11.2 Å². The van der Waals surface area contributed by atoms with Crippen LogP contribution in [-0.4, -0.2) is 49.1 Å². The summed E-state index contributed by atoms with van der Waals surface area (Å²) in [5.41, 5.74) is 5.52. The molecule has 0 unspecified atom stereocenters. The number of carbonyl (C=O) groups is 2. The first-order valence-electron chi connectivity index (χ1n) is 7.47. The van der Waals surface area contributed by atoms with E-state index in [0.717, 1.165) is 0 Å². The molecule has 0 aliphatic carbocycles. The maximum atomic E-state index is 12.3. The number of amides is 2. The van der Waals surface area contributed by atoms with E-state index in [2.05, 4.69) is 0 Å². The Kier molecular flexibility index (Phi) is 4.30. The molecule has 0 atom stereocenters. The molecule has 0 saturated carbocycles. The second-order valence-corrected chi connectivity index (χ2v) is 6.96. The molecule has 2 N–H and O–H groups in total. The van der Waals surface area contributed by atoms with Gasteiger partial charge in [-0.3, -0.25) is 9.59 Å². The smallest absolute Gasteiger partial charge is 0.399 e. The van der Waals surface area contributed by atoms with Crippen LogP contribution in [0.2, 0.25) is 0 Å². The largest absolute Gasteiger partial charge is 0.494 e. The standard InChI is InChI=1S/C16H23BN2O4/c1-15(2)16(3,4)23-17(22-15)10-7-8-11(13(18)20)12(9-10)14(21)19(5)6/h7-9H,1-6H3,(H2,18,20). The van der Waals surface area contributed by atoms with Crippen LogP contribution in [0.1, 0.15) is 48.4 Å². The summed E-state index contributed by atoms with van der Waals surface area (Å²) in [6, 6.07) is 4.86.